The number of rotatable bonds is 1. The first kappa shape index (κ1) is 12.7. The van der Waals surface area contributed by atoms with Gasteiger partial charge in [0.25, 0.3) is 0 Å². The van der Waals surface area contributed by atoms with E-state index in [9.17, 15) is 4.79 Å². The van der Waals surface area contributed by atoms with Gasteiger partial charge in [0, 0.05) is 16.6 Å². The maximum atomic E-state index is 12.0. The summed E-state index contributed by atoms with van der Waals surface area (Å²) >= 11 is 9.58. The van der Waals surface area contributed by atoms with Crippen LogP contribution in [0.5, 0.6) is 0 Å². The van der Waals surface area contributed by atoms with Crippen molar-refractivity contribution in [3.05, 3.63) is 64.7 Å². The van der Waals surface area contributed by atoms with E-state index in [0.29, 0.717) is 5.02 Å². The molecule has 1 amide bonds. The summed E-state index contributed by atoms with van der Waals surface area (Å²) in [4.78, 5) is 11.7. The normalized spacial score (nSPS) is 21.7. The molecular formula is C15H11BrClNO. The maximum Gasteiger partial charge on any atom is 0.239 e. The summed E-state index contributed by atoms with van der Waals surface area (Å²) in [5, 5.41) is 3.57. The zero-order valence-electron chi connectivity index (χ0n) is 9.94. The largest absolute Gasteiger partial charge is 0.325 e. The van der Waals surface area contributed by atoms with Crippen molar-refractivity contribution < 1.29 is 4.79 Å². The highest BCUT2D eigenvalue weighted by Crippen LogP contribution is 2.41. The summed E-state index contributed by atoms with van der Waals surface area (Å²) in [6.07, 6.45) is 0. The van der Waals surface area contributed by atoms with E-state index < -0.39 is 0 Å². The van der Waals surface area contributed by atoms with Crippen molar-refractivity contribution in [3.63, 3.8) is 0 Å². The number of alkyl halides is 1. The molecule has 2 aromatic carbocycles. The van der Waals surface area contributed by atoms with E-state index in [1.807, 2.05) is 42.5 Å². The van der Waals surface area contributed by atoms with Gasteiger partial charge >= 0.3 is 0 Å². The lowest BCUT2D eigenvalue weighted by atomic mass is 9.85. The van der Waals surface area contributed by atoms with Gasteiger partial charge in [0.05, 0.1) is 0 Å². The molecule has 2 nitrogen and oxygen atoms in total. The van der Waals surface area contributed by atoms with Gasteiger partial charge in [0.1, 0.15) is 4.83 Å². The fraction of sp³-hybridized carbons (Fsp3) is 0.133. The van der Waals surface area contributed by atoms with Crippen molar-refractivity contribution >= 4 is 39.1 Å². The predicted molar refractivity (Wildman–Crippen MR) is 81.1 cm³/mol. The molecule has 1 aliphatic rings. The number of nitrogens with one attached hydrogen (secondary N) is 1. The van der Waals surface area contributed by atoms with Gasteiger partial charge in [-0.3, -0.25) is 4.79 Å². The number of carbonyl (C=O) groups excluding carboxylic acids is 1. The highest BCUT2D eigenvalue weighted by Gasteiger charge is 2.34. The Morgan fingerprint density at radius 2 is 1.84 bits per heavy atom. The van der Waals surface area contributed by atoms with Crippen LogP contribution in [0.1, 0.15) is 17.0 Å². The number of fused-ring (bicyclic) bond motifs is 1. The molecule has 0 bridgehead atoms. The van der Waals surface area contributed by atoms with E-state index in [1.165, 1.54) is 0 Å². The SMILES string of the molecule is O=C1Nc2ccc(Cl)cc2C(c2ccccc2)C1Br. The summed E-state index contributed by atoms with van der Waals surface area (Å²) in [6, 6.07) is 15.5. The molecular weight excluding hydrogens is 326 g/mol. The van der Waals surface area contributed by atoms with Crippen molar-refractivity contribution in [1.29, 1.82) is 0 Å². The molecule has 1 aliphatic heterocycles. The van der Waals surface area contributed by atoms with Gasteiger partial charge in [-0.1, -0.05) is 57.9 Å². The minimum atomic E-state index is -0.291. The Morgan fingerprint density at radius 3 is 2.58 bits per heavy atom. The van der Waals surface area contributed by atoms with Crippen LogP contribution < -0.4 is 5.32 Å². The molecule has 2 unspecified atom stereocenters. The first-order valence-electron chi connectivity index (χ1n) is 5.96. The number of halogens is 2. The number of anilines is 1. The van der Waals surface area contributed by atoms with Crippen LogP contribution in [0.15, 0.2) is 48.5 Å². The fourth-order valence-corrected chi connectivity index (χ4v) is 3.31. The minimum absolute atomic E-state index is 0.0244. The van der Waals surface area contributed by atoms with Crippen molar-refractivity contribution in [2.45, 2.75) is 10.7 Å². The van der Waals surface area contributed by atoms with Crippen LogP contribution in [-0.4, -0.2) is 10.7 Å². The second-order valence-electron chi connectivity index (χ2n) is 4.51. The van der Waals surface area contributed by atoms with Gasteiger partial charge < -0.3 is 5.32 Å². The smallest absolute Gasteiger partial charge is 0.239 e. The third kappa shape index (κ3) is 2.28. The van der Waals surface area contributed by atoms with E-state index in [0.717, 1.165) is 16.8 Å². The Hall–Kier alpha value is -1.32. The van der Waals surface area contributed by atoms with Crippen molar-refractivity contribution in [2.24, 2.45) is 0 Å². The van der Waals surface area contributed by atoms with Gasteiger partial charge in [0.2, 0.25) is 5.91 Å². The molecule has 4 heteroatoms. The lowest BCUT2D eigenvalue weighted by Gasteiger charge is -2.30. The highest BCUT2D eigenvalue weighted by molar-refractivity contribution is 9.10. The van der Waals surface area contributed by atoms with E-state index in [2.05, 4.69) is 21.2 Å². The molecule has 96 valence electrons. The summed E-state index contributed by atoms with van der Waals surface area (Å²) in [7, 11) is 0. The Bertz CT molecular complexity index is 629. The van der Waals surface area contributed by atoms with Crippen LogP contribution in [0.4, 0.5) is 5.69 Å². The second-order valence-corrected chi connectivity index (χ2v) is 5.93. The molecule has 0 spiro atoms. The van der Waals surface area contributed by atoms with Crippen LogP contribution in [0, 0.1) is 0 Å². The molecule has 0 fully saturated rings. The molecule has 2 atom stereocenters. The highest BCUT2D eigenvalue weighted by atomic mass is 79.9. The van der Waals surface area contributed by atoms with E-state index in [-0.39, 0.29) is 16.7 Å². The molecule has 0 saturated heterocycles. The van der Waals surface area contributed by atoms with Crippen LogP contribution in [0.3, 0.4) is 0 Å². The Kier molecular flexibility index (Phi) is 3.33. The van der Waals surface area contributed by atoms with Crippen molar-refractivity contribution in [3.8, 4) is 0 Å². The summed E-state index contributed by atoms with van der Waals surface area (Å²) in [5.74, 6) is -0.0488. The number of carbonyl (C=O) groups is 1. The third-order valence-electron chi connectivity index (χ3n) is 3.31. The topological polar surface area (TPSA) is 29.1 Å². The van der Waals surface area contributed by atoms with Crippen LogP contribution in [-0.2, 0) is 4.79 Å². The molecule has 3 rings (SSSR count). The van der Waals surface area contributed by atoms with Gasteiger partial charge in [-0.25, -0.2) is 0 Å². The monoisotopic (exact) mass is 335 g/mol. The molecule has 2 aromatic rings. The van der Waals surface area contributed by atoms with Gasteiger partial charge in [-0.2, -0.15) is 0 Å². The molecule has 0 aromatic heterocycles. The average molecular weight is 337 g/mol. The van der Waals surface area contributed by atoms with E-state index >= 15 is 0 Å². The minimum Gasteiger partial charge on any atom is -0.325 e. The lowest BCUT2D eigenvalue weighted by Crippen LogP contribution is -2.34. The molecule has 1 N–H and O–H groups in total. The fourth-order valence-electron chi connectivity index (χ4n) is 2.42. The lowest BCUT2D eigenvalue weighted by molar-refractivity contribution is -0.116. The zero-order valence-corrected chi connectivity index (χ0v) is 12.3. The Morgan fingerprint density at radius 1 is 1.11 bits per heavy atom. The quantitative estimate of drug-likeness (QED) is 0.777. The first-order valence-corrected chi connectivity index (χ1v) is 7.25. The van der Waals surface area contributed by atoms with Crippen LogP contribution >= 0.6 is 27.5 Å². The van der Waals surface area contributed by atoms with E-state index in [4.69, 9.17) is 11.6 Å². The number of hydrogen-bond acceptors (Lipinski definition) is 1. The standard InChI is InChI=1S/C15H11BrClNO/c16-14-13(9-4-2-1-3-5-9)11-8-10(17)6-7-12(11)18-15(14)19/h1-8,13-14H,(H,18,19). The summed E-state index contributed by atoms with van der Waals surface area (Å²) < 4.78 is 0. The third-order valence-corrected chi connectivity index (χ3v) is 4.49. The van der Waals surface area contributed by atoms with Gasteiger partial charge in [0.15, 0.2) is 0 Å². The molecule has 19 heavy (non-hydrogen) atoms. The van der Waals surface area contributed by atoms with Gasteiger partial charge in [-0.05, 0) is 29.3 Å². The zero-order chi connectivity index (χ0) is 13.4. The van der Waals surface area contributed by atoms with Crippen molar-refractivity contribution in [2.75, 3.05) is 5.32 Å². The molecule has 0 saturated carbocycles. The average Bonchev–Trinajstić information content (AvgIpc) is 2.42. The number of hydrogen-bond donors (Lipinski definition) is 1. The molecule has 1 heterocycles. The first-order chi connectivity index (χ1) is 9.16. The Labute approximate surface area is 124 Å². The van der Waals surface area contributed by atoms with Crippen molar-refractivity contribution in [1.82, 2.24) is 0 Å². The summed E-state index contributed by atoms with van der Waals surface area (Å²) in [5.41, 5.74) is 2.97. The van der Waals surface area contributed by atoms with E-state index in [1.54, 1.807) is 6.07 Å². The molecule has 0 radical (unpaired) electrons. The van der Waals surface area contributed by atoms with Gasteiger partial charge in [-0.15, -0.1) is 0 Å². The number of benzene rings is 2. The van der Waals surface area contributed by atoms with Crippen LogP contribution in [0.25, 0.3) is 0 Å². The predicted octanol–water partition coefficient (Wildman–Crippen LogP) is 4.19. The Balaban J connectivity index is 2.17. The molecule has 0 aliphatic carbocycles. The summed E-state index contributed by atoms with van der Waals surface area (Å²) in [6.45, 7) is 0. The van der Waals surface area contributed by atoms with Crippen LogP contribution in [0.2, 0.25) is 5.02 Å². The number of amides is 1. The maximum absolute atomic E-state index is 12.0. The second kappa shape index (κ2) is 4.99.